The summed E-state index contributed by atoms with van der Waals surface area (Å²) in [4.78, 5) is 14.1. The van der Waals surface area contributed by atoms with E-state index in [2.05, 4.69) is 25.6 Å². The van der Waals surface area contributed by atoms with Gasteiger partial charge < -0.3 is 15.5 Å². The Hall–Kier alpha value is -1.80. The van der Waals surface area contributed by atoms with Gasteiger partial charge in [-0.25, -0.2) is 0 Å². The van der Waals surface area contributed by atoms with Gasteiger partial charge in [-0.3, -0.25) is 0 Å². The maximum absolute atomic E-state index is 12.0. The van der Waals surface area contributed by atoms with Gasteiger partial charge in [0.25, 0.3) is 0 Å². The Bertz CT molecular complexity index is 421. The number of nitrogens with one attached hydrogen (secondary N) is 2. The van der Waals surface area contributed by atoms with E-state index in [0.717, 1.165) is 0 Å². The SMILES string of the molecule is CCNc1nc(NCCCC(F)(F)F)nc(N(C)C)n1. The van der Waals surface area contributed by atoms with Crippen molar-refractivity contribution >= 4 is 17.8 Å². The third-order valence-corrected chi connectivity index (χ3v) is 2.28. The van der Waals surface area contributed by atoms with Gasteiger partial charge in [-0.2, -0.15) is 28.1 Å². The molecule has 0 saturated carbocycles. The molecule has 0 saturated heterocycles. The first-order valence-electron chi connectivity index (χ1n) is 6.29. The number of hydrogen-bond acceptors (Lipinski definition) is 6. The Morgan fingerprint density at radius 2 is 1.65 bits per heavy atom. The minimum atomic E-state index is -4.13. The maximum atomic E-state index is 12.0. The van der Waals surface area contributed by atoms with Crippen molar-refractivity contribution in [3.8, 4) is 0 Å². The average molecular weight is 292 g/mol. The average Bonchev–Trinajstić information content (AvgIpc) is 2.33. The second-order valence-electron chi connectivity index (χ2n) is 4.35. The number of rotatable bonds is 7. The Kier molecular flexibility index (Phi) is 5.78. The third-order valence-electron chi connectivity index (χ3n) is 2.28. The molecule has 20 heavy (non-hydrogen) atoms. The molecule has 114 valence electrons. The van der Waals surface area contributed by atoms with Crippen LogP contribution in [0.5, 0.6) is 0 Å². The number of nitrogens with zero attached hydrogens (tertiary/aromatic N) is 4. The zero-order valence-corrected chi connectivity index (χ0v) is 11.8. The minimum absolute atomic E-state index is 0.0248. The lowest BCUT2D eigenvalue weighted by atomic mass is 10.3. The second-order valence-corrected chi connectivity index (χ2v) is 4.35. The standard InChI is InChI=1S/C11H19F3N6/c1-4-15-8-17-9(19-10(18-8)20(2)3)16-7-5-6-11(12,13)14/h4-7H2,1-3H3,(H2,15,16,17,18,19). The molecule has 1 heterocycles. The van der Waals surface area contributed by atoms with Crippen LogP contribution in [0.15, 0.2) is 0 Å². The normalized spacial score (nSPS) is 11.3. The molecule has 0 aliphatic carbocycles. The number of alkyl halides is 3. The van der Waals surface area contributed by atoms with Crippen molar-refractivity contribution in [2.24, 2.45) is 0 Å². The summed E-state index contributed by atoms with van der Waals surface area (Å²) < 4.78 is 36.1. The van der Waals surface area contributed by atoms with Crippen LogP contribution in [0, 0.1) is 0 Å². The van der Waals surface area contributed by atoms with Crippen molar-refractivity contribution in [2.45, 2.75) is 25.9 Å². The molecule has 9 heteroatoms. The predicted molar refractivity (Wildman–Crippen MR) is 72.1 cm³/mol. The molecule has 0 aliphatic rings. The predicted octanol–water partition coefficient (Wildman–Crippen LogP) is 2.12. The van der Waals surface area contributed by atoms with E-state index in [-0.39, 0.29) is 18.9 Å². The van der Waals surface area contributed by atoms with Gasteiger partial charge in [-0.15, -0.1) is 0 Å². The molecule has 0 aromatic carbocycles. The van der Waals surface area contributed by atoms with E-state index < -0.39 is 12.6 Å². The number of halogens is 3. The van der Waals surface area contributed by atoms with Crippen molar-refractivity contribution < 1.29 is 13.2 Å². The quantitative estimate of drug-likeness (QED) is 0.751. The van der Waals surface area contributed by atoms with E-state index in [0.29, 0.717) is 18.4 Å². The molecule has 0 spiro atoms. The van der Waals surface area contributed by atoms with Crippen molar-refractivity contribution in [2.75, 3.05) is 42.7 Å². The van der Waals surface area contributed by atoms with Gasteiger partial charge in [0.05, 0.1) is 0 Å². The molecule has 0 amide bonds. The molecule has 0 radical (unpaired) electrons. The summed E-state index contributed by atoms with van der Waals surface area (Å²) in [6.45, 7) is 2.70. The first-order valence-corrected chi connectivity index (χ1v) is 6.29. The number of hydrogen-bond donors (Lipinski definition) is 2. The highest BCUT2D eigenvalue weighted by Gasteiger charge is 2.25. The first-order chi connectivity index (χ1) is 9.31. The summed E-state index contributed by atoms with van der Waals surface area (Å²) in [6, 6.07) is 0. The molecule has 1 aromatic heterocycles. The molecule has 0 fully saturated rings. The van der Waals surface area contributed by atoms with E-state index in [1.54, 1.807) is 19.0 Å². The van der Waals surface area contributed by atoms with Crippen LogP contribution < -0.4 is 15.5 Å². The fourth-order valence-electron chi connectivity index (χ4n) is 1.37. The molecule has 6 nitrogen and oxygen atoms in total. The molecule has 0 atom stereocenters. The maximum Gasteiger partial charge on any atom is 0.389 e. The highest BCUT2D eigenvalue weighted by atomic mass is 19.4. The molecule has 0 bridgehead atoms. The van der Waals surface area contributed by atoms with E-state index in [4.69, 9.17) is 0 Å². The molecule has 1 aromatic rings. The highest BCUT2D eigenvalue weighted by molar-refractivity contribution is 5.42. The molecule has 1 rings (SSSR count). The summed E-state index contributed by atoms with van der Waals surface area (Å²) in [6.07, 6.45) is -4.99. The molecule has 0 aliphatic heterocycles. The van der Waals surface area contributed by atoms with Crippen LogP contribution >= 0.6 is 0 Å². The number of anilines is 3. The fraction of sp³-hybridized carbons (Fsp3) is 0.727. The van der Waals surface area contributed by atoms with Gasteiger partial charge >= 0.3 is 6.18 Å². The first kappa shape index (κ1) is 16.3. The van der Waals surface area contributed by atoms with E-state index >= 15 is 0 Å². The van der Waals surface area contributed by atoms with Gasteiger partial charge in [-0.1, -0.05) is 0 Å². The van der Waals surface area contributed by atoms with Crippen LogP contribution in [0.4, 0.5) is 31.0 Å². The van der Waals surface area contributed by atoms with Crippen LogP contribution in [0.3, 0.4) is 0 Å². The van der Waals surface area contributed by atoms with Crippen LogP contribution in [-0.2, 0) is 0 Å². The lowest BCUT2D eigenvalue weighted by molar-refractivity contribution is -0.134. The van der Waals surface area contributed by atoms with Crippen molar-refractivity contribution in [1.29, 1.82) is 0 Å². The van der Waals surface area contributed by atoms with E-state index in [1.807, 2.05) is 6.92 Å². The van der Waals surface area contributed by atoms with Crippen LogP contribution in [0.2, 0.25) is 0 Å². The highest BCUT2D eigenvalue weighted by Crippen LogP contribution is 2.21. The van der Waals surface area contributed by atoms with Gasteiger partial charge in [0.1, 0.15) is 0 Å². The Morgan fingerprint density at radius 3 is 2.15 bits per heavy atom. The van der Waals surface area contributed by atoms with Crippen molar-refractivity contribution in [3.05, 3.63) is 0 Å². The topological polar surface area (TPSA) is 66.0 Å². The summed E-state index contributed by atoms with van der Waals surface area (Å²) >= 11 is 0. The summed E-state index contributed by atoms with van der Waals surface area (Å²) in [7, 11) is 3.55. The fourth-order valence-corrected chi connectivity index (χ4v) is 1.37. The van der Waals surface area contributed by atoms with Gasteiger partial charge in [-0.05, 0) is 13.3 Å². The van der Waals surface area contributed by atoms with Gasteiger partial charge in [0.2, 0.25) is 17.8 Å². The lowest BCUT2D eigenvalue weighted by Gasteiger charge is -2.14. The zero-order valence-electron chi connectivity index (χ0n) is 11.8. The van der Waals surface area contributed by atoms with Crippen LogP contribution in [0.1, 0.15) is 19.8 Å². The molecular formula is C11H19F3N6. The summed E-state index contributed by atoms with van der Waals surface area (Å²) in [5, 5.41) is 5.73. The molecule has 2 N–H and O–H groups in total. The number of aromatic nitrogens is 3. The smallest absolute Gasteiger partial charge is 0.354 e. The zero-order chi connectivity index (χ0) is 15.2. The van der Waals surface area contributed by atoms with Crippen LogP contribution in [-0.4, -0.2) is 48.3 Å². The Labute approximate surface area is 115 Å². The Morgan fingerprint density at radius 1 is 1.05 bits per heavy atom. The monoisotopic (exact) mass is 292 g/mol. The van der Waals surface area contributed by atoms with Gasteiger partial charge in [0, 0.05) is 33.6 Å². The van der Waals surface area contributed by atoms with Gasteiger partial charge in [0.15, 0.2) is 0 Å². The summed E-state index contributed by atoms with van der Waals surface area (Å²) in [5.41, 5.74) is 0. The molecule has 0 unspecified atom stereocenters. The summed E-state index contributed by atoms with van der Waals surface area (Å²) in [5.74, 6) is 1.10. The van der Waals surface area contributed by atoms with Crippen LogP contribution in [0.25, 0.3) is 0 Å². The van der Waals surface area contributed by atoms with E-state index in [9.17, 15) is 13.2 Å². The third kappa shape index (κ3) is 5.89. The largest absolute Gasteiger partial charge is 0.389 e. The van der Waals surface area contributed by atoms with Crippen molar-refractivity contribution in [3.63, 3.8) is 0 Å². The second kappa shape index (κ2) is 7.11. The molecular weight excluding hydrogens is 273 g/mol. The lowest BCUT2D eigenvalue weighted by Crippen LogP contribution is -2.18. The van der Waals surface area contributed by atoms with Crippen molar-refractivity contribution in [1.82, 2.24) is 15.0 Å². The minimum Gasteiger partial charge on any atom is -0.354 e. The van der Waals surface area contributed by atoms with E-state index in [1.165, 1.54) is 0 Å². The Balaban J connectivity index is 2.64.